The van der Waals surface area contributed by atoms with Crippen molar-refractivity contribution in [1.82, 2.24) is 0 Å². The van der Waals surface area contributed by atoms with Crippen molar-refractivity contribution in [3.63, 3.8) is 0 Å². The standard InChI is InChI=1S/C27H20F3N/c1-2-3-4-17-5-7-18(8-6-17)19-9-11-22(25(28)14-19)20-10-12-23-21(13-20)15-26(29)24(16-31)27(23)30/h5-15H,2-4H2,1H3. The van der Waals surface area contributed by atoms with Gasteiger partial charge in [0.15, 0.2) is 5.82 Å². The molecule has 4 aromatic rings. The number of hydrogen-bond acceptors (Lipinski definition) is 1. The van der Waals surface area contributed by atoms with Crippen molar-refractivity contribution in [3.05, 3.63) is 95.3 Å². The molecule has 0 spiro atoms. The third-order valence-corrected chi connectivity index (χ3v) is 5.53. The molecule has 0 aliphatic rings. The zero-order chi connectivity index (χ0) is 22.0. The lowest BCUT2D eigenvalue weighted by atomic mass is 9.96. The number of hydrogen-bond donors (Lipinski definition) is 0. The van der Waals surface area contributed by atoms with Crippen molar-refractivity contribution in [1.29, 1.82) is 5.26 Å². The molecule has 0 aliphatic heterocycles. The average Bonchev–Trinajstić information content (AvgIpc) is 2.78. The predicted molar refractivity (Wildman–Crippen MR) is 118 cm³/mol. The summed E-state index contributed by atoms with van der Waals surface area (Å²) >= 11 is 0. The van der Waals surface area contributed by atoms with Crippen LogP contribution in [0.2, 0.25) is 0 Å². The van der Waals surface area contributed by atoms with E-state index in [1.807, 2.05) is 18.2 Å². The Bertz CT molecular complexity index is 1300. The van der Waals surface area contributed by atoms with Crippen LogP contribution in [0.5, 0.6) is 0 Å². The highest BCUT2D eigenvalue weighted by Crippen LogP contribution is 2.32. The normalized spacial score (nSPS) is 10.9. The van der Waals surface area contributed by atoms with Crippen molar-refractivity contribution in [2.45, 2.75) is 26.2 Å². The number of rotatable bonds is 5. The van der Waals surface area contributed by atoms with Crippen LogP contribution in [0.25, 0.3) is 33.0 Å². The van der Waals surface area contributed by atoms with E-state index in [4.69, 9.17) is 5.26 Å². The highest BCUT2D eigenvalue weighted by molar-refractivity contribution is 5.89. The lowest BCUT2D eigenvalue weighted by Crippen LogP contribution is -1.93. The Morgan fingerprint density at radius 2 is 1.48 bits per heavy atom. The van der Waals surface area contributed by atoms with Gasteiger partial charge in [0.2, 0.25) is 0 Å². The van der Waals surface area contributed by atoms with Crippen LogP contribution in [-0.2, 0) is 6.42 Å². The van der Waals surface area contributed by atoms with Gasteiger partial charge in [0, 0.05) is 10.9 Å². The summed E-state index contributed by atoms with van der Waals surface area (Å²) in [5.41, 5.74) is 3.19. The fourth-order valence-corrected chi connectivity index (χ4v) is 3.77. The molecular formula is C27H20F3N. The molecule has 4 aromatic carbocycles. The molecule has 0 aromatic heterocycles. The first kappa shape index (κ1) is 20.7. The topological polar surface area (TPSA) is 23.8 Å². The highest BCUT2D eigenvalue weighted by Gasteiger charge is 2.15. The second-order valence-electron chi connectivity index (χ2n) is 7.59. The molecule has 0 atom stereocenters. The number of benzene rings is 4. The van der Waals surface area contributed by atoms with Gasteiger partial charge in [-0.2, -0.15) is 5.26 Å². The summed E-state index contributed by atoms with van der Waals surface area (Å²) in [6.07, 6.45) is 3.31. The Hall–Kier alpha value is -3.58. The van der Waals surface area contributed by atoms with Crippen molar-refractivity contribution >= 4 is 10.8 Å². The van der Waals surface area contributed by atoms with Gasteiger partial charge in [-0.15, -0.1) is 0 Å². The van der Waals surface area contributed by atoms with E-state index in [0.29, 0.717) is 11.1 Å². The average molecular weight is 415 g/mol. The van der Waals surface area contributed by atoms with E-state index in [1.54, 1.807) is 12.1 Å². The molecule has 0 aliphatic carbocycles. The third kappa shape index (κ3) is 4.04. The predicted octanol–water partition coefficient (Wildman–Crippen LogP) is 7.81. The Labute approximate surface area is 179 Å². The first-order valence-corrected chi connectivity index (χ1v) is 10.2. The molecular weight excluding hydrogens is 395 g/mol. The number of nitrogens with zero attached hydrogens (tertiary/aromatic N) is 1. The van der Waals surface area contributed by atoms with Gasteiger partial charge in [0.25, 0.3) is 0 Å². The minimum Gasteiger partial charge on any atom is -0.206 e. The molecule has 0 heterocycles. The zero-order valence-electron chi connectivity index (χ0n) is 17.1. The maximum atomic E-state index is 15.0. The van der Waals surface area contributed by atoms with Crippen LogP contribution in [0.3, 0.4) is 0 Å². The van der Waals surface area contributed by atoms with Crippen LogP contribution in [0.1, 0.15) is 30.9 Å². The minimum absolute atomic E-state index is 0.127. The van der Waals surface area contributed by atoms with E-state index in [2.05, 4.69) is 19.1 Å². The number of fused-ring (bicyclic) bond motifs is 1. The summed E-state index contributed by atoms with van der Waals surface area (Å²) in [6.45, 7) is 2.16. The number of aryl methyl sites for hydroxylation is 1. The van der Waals surface area contributed by atoms with E-state index in [9.17, 15) is 13.2 Å². The van der Waals surface area contributed by atoms with Crippen LogP contribution in [-0.4, -0.2) is 0 Å². The second kappa shape index (κ2) is 8.65. The summed E-state index contributed by atoms with van der Waals surface area (Å²) in [5.74, 6) is -2.24. The van der Waals surface area contributed by atoms with Gasteiger partial charge in [-0.1, -0.05) is 61.9 Å². The molecule has 0 saturated heterocycles. The van der Waals surface area contributed by atoms with Crippen molar-refractivity contribution in [3.8, 4) is 28.3 Å². The molecule has 0 radical (unpaired) electrons. The molecule has 31 heavy (non-hydrogen) atoms. The fourth-order valence-electron chi connectivity index (χ4n) is 3.77. The third-order valence-electron chi connectivity index (χ3n) is 5.53. The van der Waals surface area contributed by atoms with E-state index >= 15 is 0 Å². The van der Waals surface area contributed by atoms with Gasteiger partial charge < -0.3 is 0 Å². The summed E-state index contributed by atoms with van der Waals surface area (Å²) in [5, 5.41) is 9.32. The number of halogens is 3. The molecule has 154 valence electrons. The summed E-state index contributed by atoms with van der Waals surface area (Å²) in [7, 11) is 0. The monoisotopic (exact) mass is 415 g/mol. The molecule has 0 N–H and O–H groups in total. The van der Waals surface area contributed by atoms with Crippen molar-refractivity contribution < 1.29 is 13.2 Å². The van der Waals surface area contributed by atoms with Gasteiger partial charge in [0.05, 0.1) is 0 Å². The summed E-state index contributed by atoms with van der Waals surface area (Å²) < 4.78 is 43.3. The lowest BCUT2D eigenvalue weighted by molar-refractivity contribution is 0.585. The van der Waals surface area contributed by atoms with E-state index in [-0.39, 0.29) is 10.8 Å². The van der Waals surface area contributed by atoms with Crippen LogP contribution in [0.4, 0.5) is 13.2 Å². The Balaban J connectivity index is 1.68. The second-order valence-corrected chi connectivity index (χ2v) is 7.59. The molecule has 4 rings (SSSR count). The molecule has 0 bridgehead atoms. The van der Waals surface area contributed by atoms with Crippen LogP contribution in [0, 0.1) is 28.8 Å². The number of nitriles is 1. The van der Waals surface area contributed by atoms with Gasteiger partial charge in [-0.05, 0) is 58.7 Å². The largest absolute Gasteiger partial charge is 0.206 e. The summed E-state index contributed by atoms with van der Waals surface area (Å²) in [4.78, 5) is 0. The molecule has 0 unspecified atom stereocenters. The Kier molecular flexibility index (Phi) is 5.77. The Morgan fingerprint density at radius 1 is 0.774 bits per heavy atom. The minimum atomic E-state index is -0.928. The smallest absolute Gasteiger partial charge is 0.151 e. The van der Waals surface area contributed by atoms with Crippen LogP contribution < -0.4 is 0 Å². The highest BCUT2D eigenvalue weighted by atomic mass is 19.1. The number of unbranched alkanes of at least 4 members (excludes halogenated alkanes) is 1. The molecule has 0 saturated carbocycles. The summed E-state index contributed by atoms with van der Waals surface area (Å²) in [6, 6.07) is 20.3. The van der Waals surface area contributed by atoms with Gasteiger partial charge >= 0.3 is 0 Å². The zero-order valence-corrected chi connectivity index (χ0v) is 17.1. The van der Waals surface area contributed by atoms with Crippen LogP contribution >= 0.6 is 0 Å². The first-order chi connectivity index (χ1) is 15.0. The lowest BCUT2D eigenvalue weighted by Gasteiger charge is -2.10. The van der Waals surface area contributed by atoms with Crippen molar-refractivity contribution in [2.24, 2.45) is 0 Å². The molecule has 0 amide bonds. The quantitative estimate of drug-likeness (QED) is 0.326. The van der Waals surface area contributed by atoms with E-state index in [1.165, 1.54) is 29.8 Å². The fraction of sp³-hybridized carbons (Fsp3) is 0.148. The van der Waals surface area contributed by atoms with E-state index in [0.717, 1.165) is 36.5 Å². The molecule has 1 nitrogen and oxygen atoms in total. The van der Waals surface area contributed by atoms with Gasteiger partial charge in [-0.3, -0.25) is 0 Å². The van der Waals surface area contributed by atoms with Gasteiger partial charge in [-0.25, -0.2) is 13.2 Å². The van der Waals surface area contributed by atoms with Crippen molar-refractivity contribution in [2.75, 3.05) is 0 Å². The van der Waals surface area contributed by atoms with Crippen LogP contribution in [0.15, 0.2) is 66.7 Å². The Morgan fingerprint density at radius 3 is 2.16 bits per heavy atom. The van der Waals surface area contributed by atoms with Gasteiger partial charge in [0.1, 0.15) is 23.3 Å². The molecule has 4 heteroatoms. The molecule has 0 fully saturated rings. The maximum absolute atomic E-state index is 15.0. The SMILES string of the molecule is CCCCc1ccc(-c2ccc(-c3ccc4c(F)c(C#N)c(F)cc4c3)c(F)c2)cc1. The first-order valence-electron chi connectivity index (χ1n) is 10.2. The van der Waals surface area contributed by atoms with E-state index < -0.39 is 23.0 Å². The maximum Gasteiger partial charge on any atom is 0.151 e.